The van der Waals surface area contributed by atoms with Crippen molar-refractivity contribution < 1.29 is 56.5 Å². The maximum absolute atomic E-state index is 15.5. The summed E-state index contributed by atoms with van der Waals surface area (Å²) in [6.07, 6.45) is 14.7. The number of hydrogen-bond acceptors (Lipinski definition) is 12. The number of anilines is 2. The summed E-state index contributed by atoms with van der Waals surface area (Å²) in [6.45, 7) is 18.7. The molecular formula is C63H70Cl6N4O12Si2. The molecule has 0 saturated heterocycles. The predicted octanol–water partition coefficient (Wildman–Crippen LogP) is 14.6. The minimum absolute atomic E-state index is 0.0639. The van der Waals surface area contributed by atoms with Gasteiger partial charge in [0.2, 0.25) is 7.59 Å². The summed E-state index contributed by atoms with van der Waals surface area (Å²) in [7, 11) is -3.14. The van der Waals surface area contributed by atoms with Crippen LogP contribution >= 0.6 is 69.6 Å². The number of amides is 4. The molecule has 6 atom stereocenters. The van der Waals surface area contributed by atoms with E-state index in [4.69, 9.17) is 120 Å². The Kier molecular flexibility index (Phi) is 19.8. The van der Waals surface area contributed by atoms with Crippen LogP contribution < -0.4 is 19.3 Å². The summed E-state index contributed by atoms with van der Waals surface area (Å²) < 4.78 is 48.4. The third-order valence-electron chi connectivity index (χ3n) is 16.9. The number of hydrogen-bond donors (Lipinski definition) is 0. The average Bonchev–Trinajstić information content (AvgIpc) is 1.60. The number of fused-ring (bicyclic) bond motifs is 4. The van der Waals surface area contributed by atoms with Gasteiger partial charge >= 0.3 is 12.2 Å². The Hall–Kier alpha value is -5.43. The molecule has 4 heterocycles. The molecule has 16 nitrogen and oxygen atoms in total. The first kappa shape index (κ1) is 67.5. The van der Waals surface area contributed by atoms with Crippen molar-refractivity contribution in [1.29, 1.82) is 0 Å². The average molecular weight is 1340 g/mol. The highest BCUT2D eigenvalue weighted by Gasteiger charge is 2.62. The van der Waals surface area contributed by atoms with Crippen molar-refractivity contribution in [2.75, 3.05) is 50.4 Å². The van der Waals surface area contributed by atoms with Crippen molar-refractivity contribution in [2.24, 2.45) is 0 Å². The molecule has 2 unspecified atom stereocenters. The lowest BCUT2D eigenvalue weighted by Gasteiger charge is -2.48. The monoisotopic (exact) mass is 1340 g/mol. The Bertz CT molecular complexity index is 3230. The number of carbonyl (C=O) groups excluding carboxylic acids is 4. The molecular weight excluding hydrogens is 1270 g/mol. The molecule has 4 amide bonds. The highest BCUT2D eigenvalue weighted by atomic mass is 35.6. The van der Waals surface area contributed by atoms with Crippen LogP contribution in [-0.4, -0.2) is 123 Å². The molecule has 87 heavy (non-hydrogen) atoms. The van der Waals surface area contributed by atoms with E-state index in [1.807, 2.05) is 67.7 Å². The number of terminal acetylenes is 2. The fraction of sp³-hybridized carbons (Fsp3) is 0.429. The summed E-state index contributed by atoms with van der Waals surface area (Å²) >= 11 is 37.3. The molecule has 0 radical (unpaired) electrons. The van der Waals surface area contributed by atoms with Gasteiger partial charge in [0.25, 0.3) is 11.8 Å². The minimum Gasteiger partial charge on any atom is -0.497 e. The van der Waals surface area contributed by atoms with Gasteiger partial charge in [0.05, 0.1) is 49.9 Å². The Morgan fingerprint density at radius 2 is 0.931 bits per heavy atom. The smallest absolute Gasteiger partial charge is 0.416 e. The number of halogens is 6. The van der Waals surface area contributed by atoms with Gasteiger partial charge in [-0.05, 0) is 103 Å². The van der Waals surface area contributed by atoms with Gasteiger partial charge in [0, 0.05) is 34.7 Å². The van der Waals surface area contributed by atoms with Crippen molar-refractivity contribution in [3.05, 3.63) is 143 Å². The lowest BCUT2D eigenvalue weighted by Crippen LogP contribution is -2.63. The fourth-order valence-corrected chi connectivity index (χ4v) is 13.2. The van der Waals surface area contributed by atoms with Crippen LogP contribution in [0.15, 0.2) is 109 Å². The van der Waals surface area contributed by atoms with Gasteiger partial charge < -0.3 is 47.1 Å². The Balaban J connectivity index is 1.28. The van der Waals surface area contributed by atoms with Crippen LogP contribution in [-0.2, 0) is 39.0 Å². The first-order chi connectivity index (χ1) is 40.6. The normalized spacial score (nSPS) is 22.1. The van der Waals surface area contributed by atoms with Crippen molar-refractivity contribution in [1.82, 2.24) is 9.80 Å². The van der Waals surface area contributed by atoms with Crippen molar-refractivity contribution in [3.8, 4) is 36.2 Å². The van der Waals surface area contributed by atoms with Gasteiger partial charge in [-0.15, -0.1) is 12.8 Å². The summed E-state index contributed by atoms with van der Waals surface area (Å²) in [5, 5.41) is -0.944. The Morgan fingerprint density at radius 1 is 0.575 bits per heavy atom. The quantitative estimate of drug-likeness (QED) is 0.0454. The van der Waals surface area contributed by atoms with Gasteiger partial charge in [0.15, 0.2) is 29.1 Å². The molecule has 0 bridgehead atoms. The standard InChI is InChI=1S/C63H70Cl6N4O12Si2/c1-15-40-22-17-19-24-46(40)60(30-32-70-50(60)54(84-86(11,12)58(3,4)5)72(56(76)80-38-62(64,65)66)48-28-26-42(78-9)36-44(48)52(70)74)82-34-21-35-83-61(47-25-20-18-23-41(47)16-2)31-33-71-51(61)55(85-87(13,14)59(6,7)8)73(57(77)81-39-63(67,68)69)49-29-27-43(79-10)37-45(49)53(71)75/h1-2,17-20,22-33,36-37,50-51,54-55H,21,34-35,38-39H2,3-14H3/t50-,51-,54+,55+,60?,61?/m1/s1. The van der Waals surface area contributed by atoms with Gasteiger partial charge in [-0.2, -0.15) is 0 Å². The van der Waals surface area contributed by atoms with Crippen LogP contribution in [0.1, 0.15) is 90.9 Å². The molecule has 4 aromatic carbocycles. The predicted molar refractivity (Wildman–Crippen MR) is 345 cm³/mol. The molecule has 0 spiro atoms. The summed E-state index contributed by atoms with van der Waals surface area (Å²) in [4.78, 5) is 66.6. The molecule has 0 saturated carbocycles. The first-order valence-corrected chi connectivity index (χ1v) is 35.9. The second kappa shape index (κ2) is 25.5. The molecule has 4 aromatic rings. The van der Waals surface area contributed by atoms with E-state index in [9.17, 15) is 0 Å². The molecule has 8 rings (SSSR count). The molecule has 0 aromatic heterocycles. The summed E-state index contributed by atoms with van der Waals surface area (Å²) in [5.74, 6) is 5.21. The van der Waals surface area contributed by atoms with E-state index in [0.717, 1.165) is 0 Å². The Morgan fingerprint density at radius 3 is 1.25 bits per heavy atom. The molecule has 0 N–H and O–H groups in total. The highest BCUT2D eigenvalue weighted by molar-refractivity contribution is 6.74. The number of rotatable bonds is 16. The minimum atomic E-state index is -3.03. The number of benzene rings is 4. The number of ether oxygens (including phenoxy) is 6. The number of alkyl halides is 6. The van der Waals surface area contributed by atoms with Crippen molar-refractivity contribution >= 4 is 122 Å². The molecule has 24 heteroatoms. The van der Waals surface area contributed by atoms with Gasteiger partial charge in [-0.1, -0.05) is 159 Å². The lowest BCUT2D eigenvalue weighted by molar-refractivity contribution is -0.103. The highest BCUT2D eigenvalue weighted by Crippen LogP contribution is 2.53. The topological polar surface area (TPSA) is 155 Å². The second-order valence-corrected chi connectivity index (χ2v) is 38.9. The molecule has 0 fully saturated rings. The SMILES string of the molecule is C#Cc1ccccc1C1(OCCCOC2(c3ccccc3C#C)C=CN3C(=O)c4cc(OC)ccc4N(C(=O)OCC(Cl)(Cl)Cl)[C@@H](O[Si](C)(C)C(C)(C)C)[C@@H]32)C=CN2C(=O)c3cc(OC)ccc3N(C(=O)OCC(Cl)(Cl)Cl)[C@@H](O[Si](C)(C)C(C)(C)C)[C@@H]21. The van der Waals surface area contributed by atoms with Gasteiger partial charge in [-0.3, -0.25) is 9.59 Å². The van der Waals surface area contributed by atoms with E-state index in [2.05, 4.69) is 11.8 Å². The zero-order valence-electron chi connectivity index (χ0n) is 50.3. The van der Waals surface area contributed by atoms with Crippen LogP contribution in [0.4, 0.5) is 21.0 Å². The van der Waals surface area contributed by atoms with Crippen molar-refractivity contribution in [3.63, 3.8) is 0 Å². The zero-order valence-corrected chi connectivity index (χ0v) is 56.9. The van der Waals surface area contributed by atoms with Crippen LogP contribution in [0.25, 0.3) is 0 Å². The van der Waals surface area contributed by atoms with Crippen LogP contribution in [0, 0.1) is 24.7 Å². The van der Waals surface area contributed by atoms with Gasteiger partial charge in [0.1, 0.15) is 48.0 Å². The molecule has 4 aliphatic heterocycles. The van der Waals surface area contributed by atoms with Crippen LogP contribution in [0.2, 0.25) is 36.3 Å². The van der Waals surface area contributed by atoms with Gasteiger partial charge in [-0.25, -0.2) is 19.4 Å². The summed E-state index contributed by atoms with van der Waals surface area (Å²) in [5.41, 5.74) is -1.30. The summed E-state index contributed by atoms with van der Waals surface area (Å²) in [6, 6.07) is 21.2. The first-order valence-electron chi connectivity index (χ1n) is 27.8. The van der Waals surface area contributed by atoms with Crippen molar-refractivity contribution in [2.45, 2.75) is 128 Å². The lowest BCUT2D eigenvalue weighted by atomic mass is 9.83. The Labute approximate surface area is 541 Å². The third kappa shape index (κ3) is 13.4. The zero-order chi connectivity index (χ0) is 64.0. The maximum Gasteiger partial charge on any atom is 0.416 e. The molecule has 0 aliphatic carbocycles. The third-order valence-corrected chi connectivity index (χ3v) is 26.4. The van der Waals surface area contributed by atoms with E-state index >= 15 is 19.2 Å². The fourth-order valence-electron chi connectivity index (χ4n) is 10.5. The largest absolute Gasteiger partial charge is 0.497 e. The van der Waals surface area contributed by atoms with E-state index in [1.165, 1.54) is 46.0 Å². The number of nitrogens with zero attached hydrogens (tertiary/aromatic N) is 4. The number of carbonyl (C=O) groups is 4. The van der Waals surface area contributed by atoms with E-state index in [0.29, 0.717) is 33.8 Å². The van der Waals surface area contributed by atoms with Crippen LogP contribution in [0.3, 0.4) is 0 Å². The van der Waals surface area contributed by atoms with E-state index in [1.54, 1.807) is 97.3 Å². The van der Waals surface area contributed by atoms with Crippen LogP contribution in [0.5, 0.6) is 11.5 Å². The second-order valence-electron chi connectivity index (χ2n) is 24.3. The maximum atomic E-state index is 15.5. The van der Waals surface area contributed by atoms with E-state index < -0.39 is 107 Å². The number of methoxy groups -OCH3 is 2. The van der Waals surface area contributed by atoms with E-state index in [-0.39, 0.29) is 42.1 Å². The molecule has 4 aliphatic rings. The molecule has 464 valence electrons.